The van der Waals surface area contributed by atoms with E-state index in [4.69, 9.17) is 4.74 Å². The Morgan fingerprint density at radius 1 is 1.30 bits per heavy atom. The van der Waals surface area contributed by atoms with Crippen molar-refractivity contribution in [2.45, 2.75) is 19.8 Å². The minimum Gasteiger partial charge on any atom is -0.496 e. The largest absolute Gasteiger partial charge is 0.496 e. The number of rotatable bonds is 4. The number of benzene rings is 1. The van der Waals surface area contributed by atoms with Crippen molar-refractivity contribution in [1.29, 1.82) is 0 Å². The Balaban J connectivity index is 1.96. The Hall–Kier alpha value is -2.04. The third-order valence-corrected chi connectivity index (χ3v) is 3.61. The van der Waals surface area contributed by atoms with Gasteiger partial charge in [-0.25, -0.2) is 0 Å². The van der Waals surface area contributed by atoms with Crippen molar-refractivity contribution in [1.82, 2.24) is 10.2 Å². The Morgan fingerprint density at radius 2 is 2.00 bits per heavy atom. The molecule has 0 radical (unpaired) electrons. The van der Waals surface area contributed by atoms with Crippen LogP contribution in [0.3, 0.4) is 0 Å². The van der Waals surface area contributed by atoms with E-state index in [1.165, 1.54) is 0 Å². The zero-order valence-corrected chi connectivity index (χ0v) is 11.9. The van der Waals surface area contributed by atoms with Gasteiger partial charge in [0, 0.05) is 24.2 Å². The number of nitrogens with one attached hydrogen (secondary N) is 1. The van der Waals surface area contributed by atoms with Crippen LogP contribution in [0.4, 0.5) is 0 Å². The summed E-state index contributed by atoms with van der Waals surface area (Å²) in [6.07, 6.45) is 2.10. The number of ether oxygens (including phenoxy) is 1. The van der Waals surface area contributed by atoms with Gasteiger partial charge < -0.3 is 15.0 Å². The molecule has 0 aromatic heterocycles. The number of likely N-dealkylation sites (tertiary alicyclic amines) is 1. The van der Waals surface area contributed by atoms with Crippen LogP contribution in [0.15, 0.2) is 18.2 Å². The maximum absolute atomic E-state index is 12.1. The van der Waals surface area contributed by atoms with Crippen LogP contribution in [-0.2, 0) is 4.79 Å². The molecule has 5 nitrogen and oxygen atoms in total. The highest BCUT2D eigenvalue weighted by Gasteiger charge is 2.19. The van der Waals surface area contributed by atoms with Gasteiger partial charge in [-0.3, -0.25) is 9.59 Å². The van der Waals surface area contributed by atoms with Crippen LogP contribution >= 0.6 is 0 Å². The lowest BCUT2D eigenvalue weighted by Gasteiger charge is -2.16. The number of hydrogen-bond donors (Lipinski definition) is 1. The summed E-state index contributed by atoms with van der Waals surface area (Å²) in [7, 11) is 1.57. The van der Waals surface area contributed by atoms with Crippen LogP contribution in [0.1, 0.15) is 28.8 Å². The molecule has 1 N–H and O–H groups in total. The molecular formula is C15H20N2O3. The maximum atomic E-state index is 12.1. The molecule has 20 heavy (non-hydrogen) atoms. The average molecular weight is 276 g/mol. The van der Waals surface area contributed by atoms with E-state index in [0.29, 0.717) is 11.3 Å². The monoisotopic (exact) mass is 276 g/mol. The Morgan fingerprint density at radius 3 is 2.65 bits per heavy atom. The average Bonchev–Trinajstić information content (AvgIpc) is 2.99. The Bertz CT molecular complexity index is 508. The molecule has 0 bridgehead atoms. The molecule has 1 aromatic rings. The molecule has 1 saturated heterocycles. The minimum atomic E-state index is -0.242. The fraction of sp³-hybridized carbons (Fsp3) is 0.467. The van der Waals surface area contributed by atoms with E-state index in [2.05, 4.69) is 5.32 Å². The molecule has 108 valence electrons. The van der Waals surface area contributed by atoms with Gasteiger partial charge in [0.25, 0.3) is 5.91 Å². The molecule has 1 heterocycles. The standard InChI is InChI=1S/C15H20N2O3/c1-11-12(6-5-7-13(11)20-2)15(19)16-10-14(18)17-8-3-4-9-17/h5-7H,3-4,8-10H2,1-2H3,(H,16,19). The number of carbonyl (C=O) groups is 2. The van der Waals surface area contributed by atoms with Gasteiger partial charge in [-0.1, -0.05) is 6.07 Å². The van der Waals surface area contributed by atoms with Crippen LogP contribution in [0.25, 0.3) is 0 Å². The van der Waals surface area contributed by atoms with Gasteiger partial charge in [-0.05, 0) is 31.9 Å². The van der Waals surface area contributed by atoms with Gasteiger partial charge in [-0.15, -0.1) is 0 Å². The van der Waals surface area contributed by atoms with Crippen LogP contribution in [0, 0.1) is 6.92 Å². The van der Waals surface area contributed by atoms with Crippen molar-refractivity contribution in [3.8, 4) is 5.75 Å². The second kappa shape index (κ2) is 6.41. The van der Waals surface area contributed by atoms with E-state index in [1.54, 1.807) is 24.1 Å². The number of amides is 2. The van der Waals surface area contributed by atoms with Crippen LogP contribution in [0.5, 0.6) is 5.75 Å². The topological polar surface area (TPSA) is 58.6 Å². The summed E-state index contributed by atoms with van der Waals surface area (Å²) in [6.45, 7) is 3.48. The summed E-state index contributed by atoms with van der Waals surface area (Å²) in [5, 5.41) is 2.68. The predicted octanol–water partition coefficient (Wildman–Crippen LogP) is 1.36. The lowest BCUT2D eigenvalue weighted by Crippen LogP contribution is -2.38. The smallest absolute Gasteiger partial charge is 0.252 e. The van der Waals surface area contributed by atoms with Crippen LogP contribution in [-0.4, -0.2) is 43.5 Å². The molecule has 0 unspecified atom stereocenters. The summed E-state index contributed by atoms with van der Waals surface area (Å²) >= 11 is 0. The number of hydrogen-bond acceptors (Lipinski definition) is 3. The van der Waals surface area contributed by atoms with E-state index in [9.17, 15) is 9.59 Å². The fourth-order valence-corrected chi connectivity index (χ4v) is 2.41. The molecular weight excluding hydrogens is 256 g/mol. The van der Waals surface area contributed by atoms with Gasteiger partial charge in [0.2, 0.25) is 5.91 Å². The SMILES string of the molecule is COc1cccc(C(=O)NCC(=O)N2CCCC2)c1C. The summed E-state index contributed by atoms with van der Waals surface area (Å²) in [5.74, 6) is 0.411. The zero-order chi connectivity index (χ0) is 14.5. The highest BCUT2D eigenvalue weighted by Crippen LogP contribution is 2.20. The van der Waals surface area contributed by atoms with Gasteiger partial charge in [0.15, 0.2) is 0 Å². The molecule has 1 aromatic carbocycles. The molecule has 0 atom stereocenters. The van der Waals surface area contributed by atoms with E-state index >= 15 is 0 Å². The lowest BCUT2D eigenvalue weighted by atomic mass is 10.1. The van der Waals surface area contributed by atoms with E-state index in [-0.39, 0.29) is 18.4 Å². The summed E-state index contributed by atoms with van der Waals surface area (Å²) in [5.41, 5.74) is 1.32. The molecule has 1 fully saturated rings. The first-order valence-corrected chi connectivity index (χ1v) is 6.83. The third-order valence-electron chi connectivity index (χ3n) is 3.61. The molecule has 2 amide bonds. The summed E-state index contributed by atoms with van der Waals surface area (Å²) in [4.78, 5) is 25.8. The molecule has 1 aliphatic rings. The van der Waals surface area contributed by atoms with E-state index in [1.807, 2.05) is 13.0 Å². The van der Waals surface area contributed by atoms with Crippen molar-refractivity contribution < 1.29 is 14.3 Å². The zero-order valence-electron chi connectivity index (χ0n) is 11.9. The van der Waals surface area contributed by atoms with Crippen molar-refractivity contribution in [3.05, 3.63) is 29.3 Å². The van der Waals surface area contributed by atoms with Crippen LogP contribution in [0.2, 0.25) is 0 Å². The highest BCUT2D eigenvalue weighted by atomic mass is 16.5. The molecule has 0 spiro atoms. The van der Waals surface area contributed by atoms with Gasteiger partial charge in [-0.2, -0.15) is 0 Å². The quantitative estimate of drug-likeness (QED) is 0.903. The highest BCUT2D eigenvalue weighted by molar-refractivity contribution is 5.98. The van der Waals surface area contributed by atoms with Gasteiger partial charge in [0.1, 0.15) is 5.75 Å². The number of carbonyl (C=O) groups excluding carboxylic acids is 2. The molecule has 2 rings (SSSR count). The molecule has 1 aliphatic heterocycles. The predicted molar refractivity (Wildman–Crippen MR) is 75.9 cm³/mol. The lowest BCUT2D eigenvalue weighted by molar-refractivity contribution is -0.129. The second-order valence-electron chi connectivity index (χ2n) is 4.90. The Kier molecular flexibility index (Phi) is 4.61. The second-order valence-corrected chi connectivity index (χ2v) is 4.90. The minimum absolute atomic E-state index is 0.0172. The molecule has 5 heteroatoms. The van der Waals surface area contributed by atoms with Crippen molar-refractivity contribution >= 4 is 11.8 Å². The first-order chi connectivity index (χ1) is 9.63. The van der Waals surface area contributed by atoms with Gasteiger partial charge in [0.05, 0.1) is 13.7 Å². The first kappa shape index (κ1) is 14.4. The first-order valence-electron chi connectivity index (χ1n) is 6.83. The van der Waals surface area contributed by atoms with Crippen molar-refractivity contribution in [2.24, 2.45) is 0 Å². The van der Waals surface area contributed by atoms with E-state index < -0.39 is 0 Å². The maximum Gasteiger partial charge on any atom is 0.252 e. The normalized spacial score (nSPS) is 14.2. The molecule has 0 saturated carbocycles. The Labute approximate surface area is 118 Å². The number of nitrogens with zero attached hydrogens (tertiary/aromatic N) is 1. The van der Waals surface area contributed by atoms with Crippen molar-refractivity contribution in [2.75, 3.05) is 26.7 Å². The summed E-state index contributed by atoms with van der Waals surface area (Å²) in [6, 6.07) is 5.30. The van der Waals surface area contributed by atoms with Crippen molar-refractivity contribution in [3.63, 3.8) is 0 Å². The van der Waals surface area contributed by atoms with E-state index in [0.717, 1.165) is 31.5 Å². The number of methoxy groups -OCH3 is 1. The fourth-order valence-electron chi connectivity index (χ4n) is 2.41. The summed E-state index contributed by atoms with van der Waals surface area (Å²) < 4.78 is 5.19. The van der Waals surface area contributed by atoms with Gasteiger partial charge >= 0.3 is 0 Å². The van der Waals surface area contributed by atoms with Crippen LogP contribution < -0.4 is 10.1 Å². The third kappa shape index (κ3) is 3.10. The molecule has 0 aliphatic carbocycles.